The second-order valence-corrected chi connectivity index (χ2v) is 9.36. The number of benzene rings is 2. The van der Waals surface area contributed by atoms with E-state index in [1.165, 1.54) is 18.2 Å². The molecule has 1 N–H and O–H groups in total. The van der Waals surface area contributed by atoms with Gasteiger partial charge in [0.1, 0.15) is 5.75 Å². The number of nitro groups is 1. The minimum Gasteiger partial charge on any atom is -0.494 e. The Bertz CT molecular complexity index is 1380. The summed E-state index contributed by atoms with van der Waals surface area (Å²) in [7, 11) is 0. The molecule has 2 heterocycles. The molecule has 9 heteroatoms. The Morgan fingerprint density at radius 2 is 1.82 bits per heavy atom. The second-order valence-electron chi connectivity index (χ2n) is 9.36. The number of hydrogen-bond donors (Lipinski definition) is 1. The van der Waals surface area contributed by atoms with Gasteiger partial charge in [-0.2, -0.15) is 0 Å². The van der Waals surface area contributed by atoms with Crippen molar-refractivity contribution in [2.24, 2.45) is 0 Å². The number of pyridine rings is 1. The van der Waals surface area contributed by atoms with Gasteiger partial charge >= 0.3 is 0 Å². The number of hydrogen-bond acceptors (Lipinski definition) is 6. The molecule has 1 aromatic heterocycles. The zero-order chi connectivity index (χ0) is 27.8. The highest BCUT2D eigenvalue weighted by Crippen LogP contribution is 2.30. The number of nitrogens with zero attached hydrogens (tertiary/aromatic N) is 3. The fourth-order valence-corrected chi connectivity index (χ4v) is 4.73. The quantitative estimate of drug-likeness (QED) is 0.236. The number of rotatable bonds is 9. The highest BCUT2D eigenvalue weighted by Gasteiger charge is 2.27. The van der Waals surface area contributed by atoms with E-state index in [9.17, 15) is 19.7 Å². The molecule has 3 aromatic rings. The Morgan fingerprint density at radius 1 is 1.10 bits per heavy atom. The van der Waals surface area contributed by atoms with Crippen molar-refractivity contribution in [3.63, 3.8) is 0 Å². The summed E-state index contributed by atoms with van der Waals surface area (Å²) in [5, 5.41) is 14.2. The lowest BCUT2D eigenvalue weighted by Gasteiger charge is -2.32. The Labute approximate surface area is 227 Å². The van der Waals surface area contributed by atoms with Crippen LogP contribution in [0.3, 0.4) is 0 Å². The van der Waals surface area contributed by atoms with Gasteiger partial charge in [-0.05, 0) is 57.0 Å². The number of para-hydroxylation sites is 2. The van der Waals surface area contributed by atoms with E-state index in [2.05, 4.69) is 5.32 Å². The first kappa shape index (κ1) is 27.5. The average molecular weight is 529 g/mol. The second kappa shape index (κ2) is 12.8. The van der Waals surface area contributed by atoms with Crippen molar-refractivity contribution in [1.82, 2.24) is 15.2 Å². The zero-order valence-corrected chi connectivity index (χ0v) is 22.1. The van der Waals surface area contributed by atoms with Crippen LogP contribution in [-0.4, -0.2) is 46.3 Å². The standard InChI is InChI=1S/C30H32N4O5/c1-3-39-27-11-7-5-9-24(27)20-31-30(36)25-14-12-21(2)32-29(25)23-16-18-33(19-17-23)28(35)15-13-22-8-4-6-10-26(22)34(37)38/h4-15,23H,3,16-20H2,1-2H3,(H,31,36)/b15-13+. The summed E-state index contributed by atoms with van der Waals surface area (Å²) in [5.74, 6) is 0.379. The van der Waals surface area contributed by atoms with Gasteiger partial charge in [-0.3, -0.25) is 24.7 Å². The monoisotopic (exact) mass is 528 g/mol. The first-order valence-electron chi connectivity index (χ1n) is 13.0. The molecule has 1 aliphatic heterocycles. The molecule has 1 saturated heterocycles. The van der Waals surface area contributed by atoms with E-state index in [0.717, 1.165) is 22.7 Å². The smallest absolute Gasteiger partial charge is 0.276 e. The Balaban J connectivity index is 1.41. The van der Waals surface area contributed by atoms with Gasteiger partial charge in [0.05, 0.1) is 28.4 Å². The van der Waals surface area contributed by atoms with E-state index >= 15 is 0 Å². The van der Waals surface area contributed by atoms with Crippen molar-refractivity contribution in [2.75, 3.05) is 19.7 Å². The van der Waals surface area contributed by atoms with Gasteiger partial charge < -0.3 is 15.0 Å². The molecular formula is C30H32N4O5. The third-order valence-electron chi connectivity index (χ3n) is 6.75. The van der Waals surface area contributed by atoms with Crippen molar-refractivity contribution in [3.8, 4) is 5.75 Å². The van der Waals surface area contributed by atoms with Gasteiger partial charge in [-0.25, -0.2) is 0 Å². The third-order valence-corrected chi connectivity index (χ3v) is 6.75. The van der Waals surface area contributed by atoms with Crippen LogP contribution in [0, 0.1) is 17.0 Å². The van der Waals surface area contributed by atoms with Crippen molar-refractivity contribution < 1.29 is 19.2 Å². The lowest BCUT2D eigenvalue weighted by Crippen LogP contribution is -2.37. The van der Waals surface area contributed by atoms with Crippen LogP contribution < -0.4 is 10.1 Å². The molecule has 0 radical (unpaired) electrons. The highest BCUT2D eigenvalue weighted by atomic mass is 16.6. The van der Waals surface area contributed by atoms with E-state index in [1.54, 1.807) is 23.1 Å². The topological polar surface area (TPSA) is 115 Å². The lowest BCUT2D eigenvalue weighted by atomic mass is 9.89. The Hall–Kier alpha value is -4.53. The van der Waals surface area contributed by atoms with Crippen LogP contribution in [0.5, 0.6) is 5.75 Å². The van der Waals surface area contributed by atoms with Crippen LogP contribution >= 0.6 is 0 Å². The van der Waals surface area contributed by atoms with Gasteiger partial charge in [-0.15, -0.1) is 0 Å². The summed E-state index contributed by atoms with van der Waals surface area (Å²) in [6.45, 7) is 5.70. The van der Waals surface area contributed by atoms with Crippen LogP contribution in [-0.2, 0) is 11.3 Å². The van der Waals surface area contributed by atoms with Crippen molar-refractivity contribution in [1.29, 1.82) is 0 Å². The number of nitro benzene ring substituents is 1. The predicted octanol–water partition coefficient (Wildman–Crippen LogP) is 5.05. The maximum Gasteiger partial charge on any atom is 0.276 e. The molecule has 0 atom stereocenters. The van der Waals surface area contributed by atoms with Crippen LogP contribution in [0.15, 0.2) is 66.7 Å². The van der Waals surface area contributed by atoms with E-state index < -0.39 is 4.92 Å². The number of aryl methyl sites for hydroxylation is 1. The van der Waals surface area contributed by atoms with Gasteiger partial charge in [0, 0.05) is 49.0 Å². The summed E-state index contributed by atoms with van der Waals surface area (Å²) in [6.07, 6.45) is 4.19. The van der Waals surface area contributed by atoms with Gasteiger partial charge in [0.2, 0.25) is 5.91 Å². The maximum atomic E-state index is 13.2. The molecule has 9 nitrogen and oxygen atoms in total. The summed E-state index contributed by atoms with van der Waals surface area (Å²) >= 11 is 0. The Kier molecular flexibility index (Phi) is 9.04. The predicted molar refractivity (Wildman–Crippen MR) is 148 cm³/mol. The molecule has 4 rings (SSSR count). The minimum atomic E-state index is -0.462. The molecular weight excluding hydrogens is 496 g/mol. The van der Waals surface area contributed by atoms with Crippen LogP contribution in [0.2, 0.25) is 0 Å². The number of ether oxygens (including phenoxy) is 1. The summed E-state index contributed by atoms with van der Waals surface area (Å²) < 4.78 is 5.67. The molecule has 0 saturated carbocycles. The highest BCUT2D eigenvalue weighted by molar-refractivity contribution is 5.95. The molecule has 39 heavy (non-hydrogen) atoms. The molecule has 0 bridgehead atoms. The lowest BCUT2D eigenvalue weighted by molar-refractivity contribution is -0.385. The number of piperidine rings is 1. The molecule has 2 amide bonds. The first-order chi connectivity index (χ1) is 18.9. The summed E-state index contributed by atoms with van der Waals surface area (Å²) in [4.78, 5) is 43.2. The number of nitrogens with one attached hydrogen (secondary N) is 1. The van der Waals surface area contributed by atoms with E-state index in [4.69, 9.17) is 9.72 Å². The fourth-order valence-electron chi connectivity index (χ4n) is 4.73. The minimum absolute atomic E-state index is 0.0320. The largest absolute Gasteiger partial charge is 0.494 e. The van der Waals surface area contributed by atoms with Crippen LogP contribution in [0.1, 0.15) is 58.6 Å². The van der Waals surface area contributed by atoms with Crippen LogP contribution in [0.25, 0.3) is 6.08 Å². The number of carbonyl (C=O) groups is 2. The van der Waals surface area contributed by atoms with Crippen LogP contribution in [0.4, 0.5) is 5.69 Å². The SMILES string of the molecule is CCOc1ccccc1CNC(=O)c1ccc(C)nc1C1CCN(C(=O)/C=C/c2ccccc2[N+](=O)[O-])CC1. The number of aromatic nitrogens is 1. The first-order valence-corrected chi connectivity index (χ1v) is 13.0. The number of carbonyl (C=O) groups excluding carboxylic acids is 2. The molecule has 202 valence electrons. The molecule has 0 spiro atoms. The van der Waals surface area contributed by atoms with E-state index in [1.807, 2.05) is 50.2 Å². The van der Waals surface area contributed by atoms with Gasteiger partial charge in [-0.1, -0.05) is 30.3 Å². The van der Waals surface area contributed by atoms with Crippen molar-refractivity contribution >= 4 is 23.6 Å². The molecule has 2 aromatic carbocycles. The third kappa shape index (κ3) is 6.87. The molecule has 0 unspecified atom stereocenters. The maximum absolute atomic E-state index is 13.2. The number of amides is 2. The molecule has 1 aliphatic rings. The normalized spacial score (nSPS) is 13.8. The zero-order valence-electron chi connectivity index (χ0n) is 22.1. The Morgan fingerprint density at radius 3 is 2.56 bits per heavy atom. The fraction of sp³-hybridized carbons (Fsp3) is 0.300. The molecule has 1 fully saturated rings. The summed E-state index contributed by atoms with van der Waals surface area (Å²) in [6, 6.07) is 17.6. The number of likely N-dealkylation sites (tertiary alicyclic amines) is 1. The van der Waals surface area contributed by atoms with E-state index in [0.29, 0.717) is 50.2 Å². The summed E-state index contributed by atoms with van der Waals surface area (Å²) in [5.41, 5.74) is 3.35. The van der Waals surface area contributed by atoms with Gasteiger partial charge in [0.15, 0.2) is 0 Å². The molecule has 0 aliphatic carbocycles. The average Bonchev–Trinajstić information content (AvgIpc) is 2.95. The van der Waals surface area contributed by atoms with E-state index in [-0.39, 0.29) is 23.4 Å². The van der Waals surface area contributed by atoms with Crippen molar-refractivity contribution in [2.45, 2.75) is 39.2 Å². The van der Waals surface area contributed by atoms with Crippen molar-refractivity contribution in [3.05, 3.63) is 105 Å². The van der Waals surface area contributed by atoms with Gasteiger partial charge in [0.25, 0.3) is 11.6 Å².